The summed E-state index contributed by atoms with van der Waals surface area (Å²) in [6.07, 6.45) is 1.06. The van der Waals surface area contributed by atoms with Crippen molar-refractivity contribution in [2.45, 2.75) is 0 Å². The Bertz CT molecular complexity index is 1330. The molecule has 0 aliphatic carbocycles. The number of H-pyrrole nitrogens is 1. The molecule has 30 heavy (non-hydrogen) atoms. The van der Waals surface area contributed by atoms with E-state index in [0.717, 1.165) is 6.20 Å². The summed E-state index contributed by atoms with van der Waals surface area (Å²) in [5, 5.41) is 17.1. The van der Waals surface area contributed by atoms with Gasteiger partial charge in [0.1, 0.15) is 6.20 Å². The average Bonchev–Trinajstić information content (AvgIpc) is 3.07. The van der Waals surface area contributed by atoms with Gasteiger partial charge in [-0.1, -0.05) is 0 Å². The number of benzene rings is 2. The normalized spacial score (nSPS) is 10.7. The number of hydrogen-bond acceptors (Lipinski definition) is 9. The molecule has 150 valence electrons. The first kappa shape index (κ1) is 18.6. The van der Waals surface area contributed by atoms with E-state index in [4.69, 9.17) is 10.2 Å². The molecule has 0 bridgehead atoms. The molecule has 2 heterocycles. The molecule has 0 saturated heterocycles. The van der Waals surface area contributed by atoms with Crippen LogP contribution in [0, 0.1) is 10.1 Å². The summed E-state index contributed by atoms with van der Waals surface area (Å²) in [5.74, 6) is -1.14. The molecular formula is C18H13N7O5. The number of fused-ring (bicyclic) bond motifs is 1. The Morgan fingerprint density at radius 2 is 1.87 bits per heavy atom. The van der Waals surface area contributed by atoms with Crippen LogP contribution in [-0.4, -0.2) is 25.8 Å². The lowest BCUT2D eigenvalue weighted by molar-refractivity contribution is -0.384. The second-order valence-electron chi connectivity index (χ2n) is 6.10. The summed E-state index contributed by atoms with van der Waals surface area (Å²) in [7, 11) is 0. The number of nitrogens with zero attached hydrogens (tertiary/aromatic N) is 3. The third-order valence-electron chi connectivity index (χ3n) is 4.07. The van der Waals surface area contributed by atoms with Crippen molar-refractivity contribution in [3.05, 3.63) is 74.9 Å². The second kappa shape index (κ2) is 7.35. The highest BCUT2D eigenvalue weighted by Crippen LogP contribution is 2.28. The fourth-order valence-electron chi connectivity index (χ4n) is 2.67. The average molecular weight is 407 g/mol. The number of nitrogens with two attached hydrogens (primary N) is 1. The molecule has 0 aliphatic heterocycles. The van der Waals surface area contributed by atoms with Crippen molar-refractivity contribution in [3.63, 3.8) is 0 Å². The summed E-state index contributed by atoms with van der Waals surface area (Å²) >= 11 is 0. The van der Waals surface area contributed by atoms with Crippen molar-refractivity contribution < 1.29 is 14.1 Å². The van der Waals surface area contributed by atoms with E-state index in [1.807, 2.05) is 0 Å². The number of aromatic nitrogens is 3. The van der Waals surface area contributed by atoms with Crippen molar-refractivity contribution in [1.82, 2.24) is 15.0 Å². The molecule has 0 spiro atoms. The minimum Gasteiger partial charge on any atom is -0.408 e. The van der Waals surface area contributed by atoms with E-state index in [-0.39, 0.29) is 17.5 Å². The Balaban J connectivity index is 1.64. The predicted octanol–water partition coefficient (Wildman–Crippen LogP) is 2.41. The summed E-state index contributed by atoms with van der Waals surface area (Å²) in [6, 6.07) is 10.9. The van der Waals surface area contributed by atoms with Crippen LogP contribution >= 0.6 is 0 Å². The fraction of sp³-hybridized carbons (Fsp3) is 0. The number of amides is 1. The summed E-state index contributed by atoms with van der Waals surface area (Å²) in [5.41, 5.74) is 6.97. The number of anilines is 4. The van der Waals surface area contributed by atoms with Crippen molar-refractivity contribution >= 4 is 45.8 Å². The Morgan fingerprint density at radius 3 is 2.57 bits per heavy atom. The Kier molecular flexibility index (Phi) is 4.56. The van der Waals surface area contributed by atoms with Gasteiger partial charge in [-0.3, -0.25) is 19.9 Å². The second-order valence-corrected chi connectivity index (χ2v) is 6.10. The zero-order valence-corrected chi connectivity index (χ0v) is 15.1. The summed E-state index contributed by atoms with van der Waals surface area (Å²) in [6.45, 7) is 0. The van der Waals surface area contributed by atoms with Gasteiger partial charge in [-0.05, 0) is 42.5 Å². The van der Waals surface area contributed by atoms with Gasteiger partial charge in [-0.2, -0.15) is 4.98 Å². The largest absolute Gasteiger partial charge is 0.417 e. The van der Waals surface area contributed by atoms with Gasteiger partial charge in [0.05, 0.1) is 10.4 Å². The first-order valence-corrected chi connectivity index (χ1v) is 8.47. The Morgan fingerprint density at radius 1 is 1.13 bits per heavy atom. The van der Waals surface area contributed by atoms with Crippen LogP contribution in [-0.2, 0) is 0 Å². The molecular weight excluding hydrogens is 394 g/mol. The number of carbonyl (C=O) groups is 1. The van der Waals surface area contributed by atoms with Crippen LogP contribution in [0.5, 0.6) is 0 Å². The molecule has 4 rings (SSSR count). The number of carbonyl (C=O) groups excluding carboxylic acids is 1. The molecule has 0 fully saturated rings. The van der Waals surface area contributed by atoms with Gasteiger partial charge < -0.3 is 20.8 Å². The number of rotatable bonds is 6. The quantitative estimate of drug-likeness (QED) is 0.275. The van der Waals surface area contributed by atoms with Gasteiger partial charge in [0, 0.05) is 16.9 Å². The third-order valence-corrected chi connectivity index (χ3v) is 4.07. The van der Waals surface area contributed by atoms with Crippen molar-refractivity contribution in [1.29, 1.82) is 0 Å². The lowest BCUT2D eigenvalue weighted by Crippen LogP contribution is -2.10. The Labute approximate surface area is 166 Å². The van der Waals surface area contributed by atoms with Crippen molar-refractivity contribution in [2.24, 2.45) is 5.73 Å². The SMILES string of the molecule is NC(=O)c1ccc(Nc2ncc([N+](=O)[O-])c(Nc3ccc4oc(=O)[nH]c4c3)n2)cc1. The van der Waals surface area contributed by atoms with E-state index in [1.54, 1.807) is 30.3 Å². The van der Waals surface area contributed by atoms with Gasteiger partial charge in [-0.25, -0.2) is 9.78 Å². The third kappa shape index (κ3) is 3.77. The van der Waals surface area contributed by atoms with Gasteiger partial charge >= 0.3 is 11.4 Å². The van der Waals surface area contributed by atoms with Crippen molar-refractivity contribution in [2.75, 3.05) is 10.6 Å². The van der Waals surface area contributed by atoms with Crippen LogP contribution in [0.1, 0.15) is 10.4 Å². The molecule has 0 atom stereocenters. The highest BCUT2D eigenvalue weighted by atomic mass is 16.6. The minimum absolute atomic E-state index is 0.0588. The molecule has 2 aromatic heterocycles. The van der Waals surface area contributed by atoms with Crippen LogP contribution < -0.4 is 22.1 Å². The lowest BCUT2D eigenvalue weighted by atomic mass is 10.2. The van der Waals surface area contributed by atoms with E-state index in [0.29, 0.717) is 28.0 Å². The molecule has 0 radical (unpaired) electrons. The molecule has 12 nitrogen and oxygen atoms in total. The fourth-order valence-corrected chi connectivity index (χ4v) is 2.67. The van der Waals surface area contributed by atoms with Crippen molar-refractivity contribution in [3.8, 4) is 0 Å². The first-order valence-electron chi connectivity index (χ1n) is 8.47. The number of primary amides is 1. The lowest BCUT2D eigenvalue weighted by Gasteiger charge is -2.09. The van der Waals surface area contributed by atoms with E-state index >= 15 is 0 Å². The summed E-state index contributed by atoms with van der Waals surface area (Å²) < 4.78 is 4.93. The molecule has 0 saturated carbocycles. The number of hydrogen-bond donors (Lipinski definition) is 4. The predicted molar refractivity (Wildman–Crippen MR) is 107 cm³/mol. The molecule has 2 aromatic carbocycles. The zero-order valence-electron chi connectivity index (χ0n) is 15.1. The standard InChI is InChI=1S/C18H13N7O5/c19-15(26)9-1-3-10(4-2-9)22-17-20-8-13(25(28)29)16(24-17)21-11-5-6-14-12(7-11)23-18(27)30-14/h1-8H,(H2,19,26)(H,23,27)(H2,20,21,22,24). The maximum Gasteiger partial charge on any atom is 0.417 e. The van der Waals surface area contributed by atoms with E-state index < -0.39 is 16.6 Å². The number of aromatic amines is 1. The number of nitro groups is 1. The van der Waals surface area contributed by atoms with Crippen LogP contribution in [0.3, 0.4) is 0 Å². The van der Waals surface area contributed by atoms with Gasteiger partial charge in [0.15, 0.2) is 5.58 Å². The monoisotopic (exact) mass is 407 g/mol. The van der Waals surface area contributed by atoms with E-state index in [2.05, 4.69) is 25.6 Å². The highest BCUT2D eigenvalue weighted by molar-refractivity contribution is 5.93. The van der Waals surface area contributed by atoms with E-state index in [9.17, 15) is 19.7 Å². The maximum atomic E-state index is 11.4. The van der Waals surface area contributed by atoms with Gasteiger partial charge in [-0.15, -0.1) is 0 Å². The molecule has 0 unspecified atom stereocenters. The topological polar surface area (TPSA) is 182 Å². The number of nitrogens with one attached hydrogen (secondary N) is 3. The highest BCUT2D eigenvalue weighted by Gasteiger charge is 2.18. The van der Waals surface area contributed by atoms with Crippen LogP contribution in [0.4, 0.5) is 28.8 Å². The molecule has 1 amide bonds. The smallest absolute Gasteiger partial charge is 0.408 e. The van der Waals surface area contributed by atoms with Crippen LogP contribution in [0.15, 0.2) is 57.9 Å². The molecule has 5 N–H and O–H groups in total. The summed E-state index contributed by atoms with van der Waals surface area (Å²) in [4.78, 5) is 43.8. The first-order chi connectivity index (χ1) is 14.4. The molecule has 0 aliphatic rings. The minimum atomic E-state index is -0.619. The molecule has 12 heteroatoms. The van der Waals surface area contributed by atoms with Gasteiger partial charge in [0.2, 0.25) is 17.7 Å². The number of oxazole rings is 1. The zero-order chi connectivity index (χ0) is 21.3. The maximum absolute atomic E-state index is 11.4. The van der Waals surface area contributed by atoms with Gasteiger partial charge in [0.25, 0.3) is 0 Å². The molecule has 4 aromatic rings. The van der Waals surface area contributed by atoms with Crippen LogP contribution in [0.2, 0.25) is 0 Å². The van der Waals surface area contributed by atoms with Crippen LogP contribution in [0.25, 0.3) is 11.1 Å². The van der Waals surface area contributed by atoms with E-state index in [1.165, 1.54) is 12.1 Å². The Hall–Kier alpha value is -4.74.